The molecule has 17 heavy (non-hydrogen) atoms. The quantitative estimate of drug-likeness (QED) is 0.749. The monoisotopic (exact) mass is 237 g/mol. The molecule has 0 bridgehead atoms. The number of hydrogen-bond acceptors (Lipinski definition) is 3. The highest BCUT2D eigenvalue weighted by molar-refractivity contribution is 5.13. The predicted octanol–water partition coefficient (Wildman–Crippen LogP) is 1.91. The zero-order chi connectivity index (χ0) is 12.5. The molecular formula is C14H23NO2. The zero-order valence-electron chi connectivity index (χ0n) is 10.8. The van der Waals surface area contributed by atoms with E-state index in [1.807, 2.05) is 30.3 Å². The molecular weight excluding hydrogens is 214 g/mol. The number of ether oxygens (including phenoxy) is 1. The summed E-state index contributed by atoms with van der Waals surface area (Å²) in [5.74, 6) is 0. The van der Waals surface area contributed by atoms with Crippen LogP contribution in [0.5, 0.6) is 0 Å². The molecule has 0 aliphatic heterocycles. The molecule has 1 atom stereocenters. The summed E-state index contributed by atoms with van der Waals surface area (Å²) in [4.78, 5) is 2.21. The van der Waals surface area contributed by atoms with Crippen molar-refractivity contribution in [3.8, 4) is 0 Å². The number of hydrogen-bond donors (Lipinski definition) is 1. The first-order valence-corrected chi connectivity index (χ1v) is 6.28. The molecule has 0 aliphatic rings. The summed E-state index contributed by atoms with van der Waals surface area (Å²) in [7, 11) is 0. The Hall–Kier alpha value is -0.900. The van der Waals surface area contributed by atoms with E-state index in [2.05, 4.69) is 18.7 Å². The van der Waals surface area contributed by atoms with E-state index in [1.54, 1.807) is 0 Å². The molecule has 0 unspecified atom stereocenters. The Morgan fingerprint density at radius 3 is 2.35 bits per heavy atom. The largest absolute Gasteiger partial charge is 0.395 e. The van der Waals surface area contributed by atoms with E-state index in [1.165, 1.54) is 5.56 Å². The van der Waals surface area contributed by atoms with Gasteiger partial charge < -0.3 is 9.84 Å². The lowest BCUT2D eigenvalue weighted by molar-refractivity contribution is 0.0280. The summed E-state index contributed by atoms with van der Waals surface area (Å²) in [5.41, 5.74) is 1.17. The van der Waals surface area contributed by atoms with Gasteiger partial charge in [-0.2, -0.15) is 0 Å². The van der Waals surface area contributed by atoms with Gasteiger partial charge in [0.2, 0.25) is 0 Å². The third kappa shape index (κ3) is 4.86. The summed E-state index contributed by atoms with van der Waals surface area (Å²) in [6, 6.07) is 10.2. The number of aliphatic hydroxyl groups is 1. The van der Waals surface area contributed by atoms with E-state index in [0.717, 1.165) is 13.1 Å². The Balaban J connectivity index is 2.33. The highest BCUT2D eigenvalue weighted by atomic mass is 16.5. The van der Waals surface area contributed by atoms with E-state index in [0.29, 0.717) is 13.2 Å². The molecule has 1 aromatic rings. The van der Waals surface area contributed by atoms with Crippen LogP contribution in [0.4, 0.5) is 0 Å². The standard InChI is InChI=1S/C14H23NO2/c1-3-15(4-2)14(10-16)12-17-11-13-8-6-5-7-9-13/h5-9,14,16H,3-4,10-12H2,1-2H3/t14-/m0/s1. The molecule has 3 nitrogen and oxygen atoms in total. The lowest BCUT2D eigenvalue weighted by Crippen LogP contribution is -2.41. The molecule has 3 heteroatoms. The minimum absolute atomic E-state index is 0.105. The number of nitrogens with zero attached hydrogens (tertiary/aromatic N) is 1. The van der Waals surface area contributed by atoms with Crippen LogP contribution in [0.1, 0.15) is 19.4 Å². The molecule has 0 amide bonds. The zero-order valence-corrected chi connectivity index (χ0v) is 10.8. The molecule has 0 aromatic heterocycles. The van der Waals surface area contributed by atoms with E-state index in [-0.39, 0.29) is 12.6 Å². The van der Waals surface area contributed by atoms with E-state index < -0.39 is 0 Å². The molecule has 1 N–H and O–H groups in total. The molecule has 1 aromatic carbocycles. The van der Waals surface area contributed by atoms with Crippen LogP contribution in [0.25, 0.3) is 0 Å². The van der Waals surface area contributed by atoms with Crippen LogP contribution in [-0.4, -0.2) is 42.4 Å². The van der Waals surface area contributed by atoms with Gasteiger partial charge in [0.15, 0.2) is 0 Å². The molecule has 1 rings (SSSR count). The van der Waals surface area contributed by atoms with Gasteiger partial charge in [0.05, 0.1) is 25.9 Å². The molecule has 0 spiro atoms. The lowest BCUT2D eigenvalue weighted by atomic mass is 10.2. The number of benzene rings is 1. The summed E-state index contributed by atoms with van der Waals surface area (Å²) in [6.45, 7) is 7.42. The number of aliphatic hydroxyl groups excluding tert-OH is 1. The Morgan fingerprint density at radius 2 is 1.82 bits per heavy atom. The van der Waals surface area contributed by atoms with E-state index in [9.17, 15) is 5.11 Å². The SMILES string of the molecule is CCN(CC)[C@@H](CO)COCc1ccccc1. The first-order chi connectivity index (χ1) is 8.31. The van der Waals surface area contributed by atoms with Gasteiger partial charge in [-0.15, -0.1) is 0 Å². The fraction of sp³-hybridized carbons (Fsp3) is 0.571. The maximum atomic E-state index is 9.33. The van der Waals surface area contributed by atoms with Gasteiger partial charge in [-0.05, 0) is 18.7 Å². The minimum atomic E-state index is 0.105. The second kappa shape index (κ2) is 8.23. The Morgan fingerprint density at radius 1 is 1.18 bits per heavy atom. The predicted molar refractivity (Wildman–Crippen MR) is 69.9 cm³/mol. The fourth-order valence-corrected chi connectivity index (χ4v) is 1.90. The second-order valence-electron chi connectivity index (χ2n) is 4.06. The smallest absolute Gasteiger partial charge is 0.0717 e. The first kappa shape index (κ1) is 14.2. The molecule has 0 aliphatic carbocycles. The van der Waals surface area contributed by atoms with Crippen LogP contribution in [0.3, 0.4) is 0 Å². The Kier molecular flexibility index (Phi) is 6.86. The summed E-state index contributed by atoms with van der Waals surface area (Å²) in [5, 5.41) is 9.33. The van der Waals surface area contributed by atoms with Crippen LogP contribution in [0.15, 0.2) is 30.3 Å². The highest BCUT2D eigenvalue weighted by Crippen LogP contribution is 2.04. The molecule has 0 saturated carbocycles. The van der Waals surface area contributed by atoms with Crippen LogP contribution in [-0.2, 0) is 11.3 Å². The van der Waals surface area contributed by atoms with Crippen molar-refractivity contribution in [2.75, 3.05) is 26.3 Å². The fourth-order valence-electron chi connectivity index (χ4n) is 1.90. The van der Waals surface area contributed by atoms with Gasteiger partial charge in [-0.1, -0.05) is 44.2 Å². The van der Waals surface area contributed by atoms with Crippen molar-refractivity contribution in [2.24, 2.45) is 0 Å². The van der Waals surface area contributed by atoms with Crippen molar-refractivity contribution >= 4 is 0 Å². The van der Waals surface area contributed by atoms with Crippen molar-refractivity contribution in [3.05, 3.63) is 35.9 Å². The van der Waals surface area contributed by atoms with E-state index in [4.69, 9.17) is 4.74 Å². The molecule has 0 radical (unpaired) electrons. The van der Waals surface area contributed by atoms with Gasteiger partial charge in [0.25, 0.3) is 0 Å². The highest BCUT2D eigenvalue weighted by Gasteiger charge is 2.14. The van der Waals surface area contributed by atoms with Crippen LogP contribution in [0.2, 0.25) is 0 Å². The maximum absolute atomic E-state index is 9.33. The number of rotatable bonds is 8. The Bertz CT molecular complexity index is 286. The summed E-state index contributed by atoms with van der Waals surface area (Å²) in [6.07, 6.45) is 0. The molecule has 0 saturated heterocycles. The average Bonchev–Trinajstić information content (AvgIpc) is 2.39. The normalized spacial score (nSPS) is 12.9. The van der Waals surface area contributed by atoms with Gasteiger partial charge in [0.1, 0.15) is 0 Å². The van der Waals surface area contributed by atoms with Gasteiger partial charge >= 0.3 is 0 Å². The molecule has 96 valence electrons. The Labute approximate surface area is 104 Å². The number of likely N-dealkylation sites (N-methyl/N-ethyl adjacent to an activating group) is 1. The average molecular weight is 237 g/mol. The van der Waals surface area contributed by atoms with Crippen LogP contribution >= 0.6 is 0 Å². The molecule has 0 fully saturated rings. The summed E-state index contributed by atoms with van der Waals surface area (Å²) >= 11 is 0. The van der Waals surface area contributed by atoms with Crippen molar-refractivity contribution in [1.29, 1.82) is 0 Å². The minimum Gasteiger partial charge on any atom is -0.395 e. The van der Waals surface area contributed by atoms with Gasteiger partial charge in [-0.3, -0.25) is 4.90 Å². The lowest BCUT2D eigenvalue weighted by Gasteiger charge is -2.27. The third-order valence-electron chi connectivity index (χ3n) is 2.96. The van der Waals surface area contributed by atoms with E-state index >= 15 is 0 Å². The van der Waals surface area contributed by atoms with Crippen LogP contribution < -0.4 is 0 Å². The van der Waals surface area contributed by atoms with Crippen LogP contribution in [0, 0.1) is 0 Å². The van der Waals surface area contributed by atoms with Crippen molar-refractivity contribution in [1.82, 2.24) is 4.90 Å². The van der Waals surface area contributed by atoms with Crippen molar-refractivity contribution < 1.29 is 9.84 Å². The van der Waals surface area contributed by atoms with Gasteiger partial charge in [-0.25, -0.2) is 0 Å². The summed E-state index contributed by atoms with van der Waals surface area (Å²) < 4.78 is 5.66. The van der Waals surface area contributed by atoms with Crippen molar-refractivity contribution in [3.63, 3.8) is 0 Å². The topological polar surface area (TPSA) is 32.7 Å². The maximum Gasteiger partial charge on any atom is 0.0717 e. The second-order valence-corrected chi connectivity index (χ2v) is 4.06. The van der Waals surface area contributed by atoms with Gasteiger partial charge in [0, 0.05) is 0 Å². The van der Waals surface area contributed by atoms with Crippen molar-refractivity contribution in [2.45, 2.75) is 26.5 Å². The molecule has 0 heterocycles. The third-order valence-corrected chi connectivity index (χ3v) is 2.96. The first-order valence-electron chi connectivity index (χ1n) is 6.28.